The quantitative estimate of drug-likeness (QED) is 0.778. The summed E-state index contributed by atoms with van der Waals surface area (Å²) in [5, 5.41) is 3.34. The van der Waals surface area contributed by atoms with Crippen LogP contribution < -0.4 is 14.8 Å². The fourth-order valence-corrected chi connectivity index (χ4v) is 2.50. The van der Waals surface area contributed by atoms with Crippen LogP contribution in [0.2, 0.25) is 0 Å². The van der Waals surface area contributed by atoms with Crippen molar-refractivity contribution < 1.29 is 22.6 Å². The van der Waals surface area contributed by atoms with Crippen LogP contribution in [0.25, 0.3) is 0 Å². The molecule has 1 aliphatic carbocycles. The smallest absolute Gasteiger partial charge is 0.492 e. The largest absolute Gasteiger partial charge is 0.573 e. The highest BCUT2D eigenvalue weighted by Gasteiger charge is 2.30. The van der Waals surface area contributed by atoms with Crippen molar-refractivity contribution in [3.05, 3.63) is 24.3 Å². The van der Waals surface area contributed by atoms with Crippen LogP contribution in [0.1, 0.15) is 25.7 Å². The highest BCUT2D eigenvalue weighted by Crippen LogP contribution is 2.25. The third-order valence-electron chi connectivity index (χ3n) is 3.51. The molecule has 2 rings (SSSR count). The summed E-state index contributed by atoms with van der Waals surface area (Å²) in [6, 6.07) is 5.43. The van der Waals surface area contributed by atoms with Crippen LogP contribution in [0.3, 0.4) is 0 Å². The van der Waals surface area contributed by atoms with E-state index in [2.05, 4.69) is 10.1 Å². The van der Waals surface area contributed by atoms with Crippen molar-refractivity contribution in [1.29, 1.82) is 0 Å². The van der Waals surface area contributed by atoms with Gasteiger partial charge in [-0.2, -0.15) is 0 Å². The lowest BCUT2D eigenvalue weighted by Crippen LogP contribution is -2.26. The Bertz CT molecular complexity index is 414. The first-order valence-electron chi connectivity index (χ1n) is 7.22. The minimum Gasteiger partial charge on any atom is -0.492 e. The Hall–Kier alpha value is -1.43. The van der Waals surface area contributed by atoms with E-state index in [1.54, 1.807) is 0 Å². The number of hydrogen-bond donors (Lipinski definition) is 1. The molecule has 0 aliphatic heterocycles. The number of hydrogen-bond acceptors (Lipinski definition) is 3. The summed E-state index contributed by atoms with van der Waals surface area (Å²) in [6.45, 7) is 2.24. The molecule has 0 aromatic heterocycles. The first kappa shape index (κ1) is 15.9. The maximum absolute atomic E-state index is 12.0. The lowest BCUT2D eigenvalue weighted by atomic mass is 10.1. The van der Waals surface area contributed by atoms with Gasteiger partial charge >= 0.3 is 6.36 Å². The van der Waals surface area contributed by atoms with Crippen LogP contribution >= 0.6 is 0 Å². The summed E-state index contributed by atoms with van der Waals surface area (Å²) in [5.41, 5.74) is 0. The molecule has 1 aromatic carbocycles. The number of benzene rings is 1. The standard InChI is InChI=1S/C15H20F3NO2/c16-15(17,18)21-14-7-5-13(6-8-14)20-10-9-19-11-12-3-1-2-4-12/h5-8,12,19H,1-4,9-11H2. The van der Waals surface area contributed by atoms with E-state index in [-0.39, 0.29) is 5.75 Å². The number of halogens is 3. The van der Waals surface area contributed by atoms with E-state index in [1.807, 2.05) is 0 Å². The Balaban J connectivity index is 1.62. The van der Waals surface area contributed by atoms with Gasteiger partial charge in [-0.15, -0.1) is 13.2 Å². The van der Waals surface area contributed by atoms with E-state index in [1.165, 1.54) is 49.9 Å². The van der Waals surface area contributed by atoms with Gasteiger partial charge in [-0.25, -0.2) is 0 Å². The zero-order valence-corrected chi connectivity index (χ0v) is 11.8. The topological polar surface area (TPSA) is 30.5 Å². The highest BCUT2D eigenvalue weighted by molar-refractivity contribution is 5.31. The maximum atomic E-state index is 12.0. The zero-order chi connectivity index (χ0) is 15.1. The molecule has 118 valence electrons. The molecule has 0 atom stereocenters. The minimum absolute atomic E-state index is 0.241. The van der Waals surface area contributed by atoms with Crippen molar-refractivity contribution in [3.8, 4) is 11.5 Å². The molecule has 1 fully saturated rings. The Kier molecular flexibility index (Phi) is 5.73. The van der Waals surface area contributed by atoms with Crippen molar-refractivity contribution in [2.75, 3.05) is 19.7 Å². The van der Waals surface area contributed by atoms with Crippen molar-refractivity contribution in [3.63, 3.8) is 0 Å². The molecule has 1 aromatic rings. The molecule has 1 aliphatic rings. The van der Waals surface area contributed by atoms with Crippen molar-refractivity contribution in [1.82, 2.24) is 5.32 Å². The Morgan fingerprint density at radius 2 is 1.67 bits per heavy atom. The summed E-state index contributed by atoms with van der Waals surface area (Å²) in [5.74, 6) is 1.07. The van der Waals surface area contributed by atoms with E-state index >= 15 is 0 Å². The van der Waals surface area contributed by atoms with E-state index in [0.29, 0.717) is 12.4 Å². The molecule has 1 saturated carbocycles. The lowest BCUT2D eigenvalue weighted by molar-refractivity contribution is -0.274. The Labute approximate surface area is 122 Å². The van der Waals surface area contributed by atoms with Crippen LogP contribution in [-0.2, 0) is 0 Å². The van der Waals surface area contributed by atoms with Gasteiger partial charge in [-0.1, -0.05) is 12.8 Å². The highest BCUT2D eigenvalue weighted by atomic mass is 19.4. The van der Waals surface area contributed by atoms with Gasteiger partial charge in [0.25, 0.3) is 0 Å². The van der Waals surface area contributed by atoms with E-state index in [9.17, 15) is 13.2 Å². The average molecular weight is 303 g/mol. The second kappa shape index (κ2) is 7.54. The number of alkyl halides is 3. The molecule has 0 radical (unpaired) electrons. The van der Waals surface area contributed by atoms with Gasteiger partial charge < -0.3 is 14.8 Å². The van der Waals surface area contributed by atoms with Crippen LogP contribution in [0.5, 0.6) is 11.5 Å². The van der Waals surface area contributed by atoms with Crippen LogP contribution in [0.15, 0.2) is 24.3 Å². The van der Waals surface area contributed by atoms with Crippen LogP contribution in [-0.4, -0.2) is 26.1 Å². The minimum atomic E-state index is -4.66. The van der Waals surface area contributed by atoms with Gasteiger partial charge in [-0.3, -0.25) is 0 Å². The first-order chi connectivity index (χ1) is 10.0. The molecule has 0 unspecified atom stereocenters. The zero-order valence-electron chi connectivity index (χ0n) is 11.8. The van der Waals surface area contributed by atoms with E-state index in [0.717, 1.165) is 19.0 Å². The molecular formula is C15H20F3NO2. The van der Waals surface area contributed by atoms with Gasteiger partial charge in [0.15, 0.2) is 0 Å². The summed E-state index contributed by atoms with van der Waals surface area (Å²) >= 11 is 0. The summed E-state index contributed by atoms with van der Waals surface area (Å²) in [6.07, 6.45) is 0.597. The fourth-order valence-electron chi connectivity index (χ4n) is 2.50. The summed E-state index contributed by atoms with van der Waals surface area (Å²) in [7, 11) is 0. The van der Waals surface area contributed by atoms with Crippen molar-refractivity contribution in [2.45, 2.75) is 32.0 Å². The van der Waals surface area contributed by atoms with Crippen LogP contribution in [0, 0.1) is 5.92 Å². The Morgan fingerprint density at radius 3 is 2.29 bits per heavy atom. The predicted octanol–water partition coefficient (Wildman–Crippen LogP) is 3.74. The molecule has 3 nitrogen and oxygen atoms in total. The lowest BCUT2D eigenvalue weighted by Gasteiger charge is -2.12. The summed E-state index contributed by atoms with van der Waals surface area (Å²) < 4.78 is 45.2. The van der Waals surface area contributed by atoms with Gasteiger partial charge in [0.05, 0.1) is 0 Å². The van der Waals surface area contributed by atoms with Crippen LogP contribution in [0.4, 0.5) is 13.2 Å². The Morgan fingerprint density at radius 1 is 1.05 bits per heavy atom. The number of nitrogens with one attached hydrogen (secondary N) is 1. The molecule has 1 N–H and O–H groups in total. The molecule has 0 bridgehead atoms. The molecule has 0 spiro atoms. The molecule has 0 saturated heterocycles. The summed E-state index contributed by atoms with van der Waals surface area (Å²) in [4.78, 5) is 0. The number of rotatable bonds is 7. The van der Waals surface area contributed by atoms with Gasteiger partial charge in [0, 0.05) is 6.54 Å². The van der Waals surface area contributed by atoms with Crippen molar-refractivity contribution in [2.24, 2.45) is 5.92 Å². The normalized spacial score (nSPS) is 16.1. The maximum Gasteiger partial charge on any atom is 0.573 e. The SMILES string of the molecule is FC(F)(F)Oc1ccc(OCCNCC2CCCC2)cc1. The van der Waals surface area contributed by atoms with E-state index in [4.69, 9.17) is 4.74 Å². The van der Waals surface area contributed by atoms with E-state index < -0.39 is 6.36 Å². The second-order valence-corrected chi connectivity index (χ2v) is 5.22. The molecule has 21 heavy (non-hydrogen) atoms. The average Bonchev–Trinajstić information content (AvgIpc) is 2.92. The molecule has 0 amide bonds. The monoisotopic (exact) mass is 303 g/mol. The number of ether oxygens (including phenoxy) is 2. The second-order valence-electron chi connectivity index (χ2n) is 5.22. The molecule has 0 heterocycles. The third kappa shape index (κ3) is 6.25. The molecule has 6 heteroatoms. The third-order valence-corrected chi connectivity index (χ3v) is 3.51. The van der Waals surface area contributed by atoms with Gasteiger partial charge in [0.2, 0.25) is 0 Å². The fraction of sp³-hybridized carbons (Fsp3) is 0.600. The predicted molar refractivity (Wildman–Crippen MR) is 73.4 cm³/mol. The van der Waals surface area contributed by atoms with Crippen molar-refractivity contribution >= 4 is 0 Å². The first-order valence-corrected chi connectivity index (χ1v) is 7.22. The van der Waals surface area contributed by atoms with Gasteiger partial charge in [-0.05, 0) is 49.6 Å². The molecular weight excluding hydrogens is 283 g/mol. The van der Waals surface area contributed by atoms with Gasteiger partial charge in [0.1, 0.15) is 18.1 Å².